The number of nitrogens with zero attached hydrogens (tertiary/aromatic N) is 1. The summed E-state index contributed by atoms with van der Waals surface area (Å²) in [5, 5.41) is 26.9. The average Bonchev–Trinajstić information content (AvgIpc) is 2.10. The number of rotatable bonds is 9. The van der Waals surface area contributed by atoms with E-state index in [1.807, 2.05) is 0 Å². The highest BCUT2D eigenvalue weighted by Crippen LogP contribution is 1.94. The molecule has 3 N–H and O–H groups in total. The first kappa shape index (κ1) is 14.8. The molecule has 0 rings (SSSR count). The highest BCUT2D eigenvalue weighted by molar-refractivity contribution is 4.61. The zero-order chi connectivity index (χ0) is 11.7. The van der Waals surface area contributed by atoms with Crippen molar-refractivity contribution in [3.05, 3.63) is 0 Å². The summed E-state index contributed by atoms with van der Waals surface area (Å²) in [6.07, 6.45) is 0.138. The van der Waals surface area contributed by atoms with Gasteiger partial charge in [0, 0.05) is 19.7 Å². The van der Waals surface area contributed by atoms with E-state index in [0.717, 1.165) is 12.8 Å². The quantitative estimate of drug-likeness (QED) is 0.358. The van der Waals surface area contributed by atoms with Gasteiger partial charge in [0.15, 0.2) is 6.29 Å². The summed E-state index contributed by atoms with van der Waals surface area (Å²) in [6, 6.07) is 0. The highest BCUT2D eigenvalue weighted by Gasteiger charge is 2.10. The van der Waals surface area contributed by atoms with E-state index in [1.165, 1.54) is 0 Å². The van der Waals surface area contributed by atoms with Crippen LogP contribution in [0, 0.1) is 0 Å². The molecule has 0 heterocycles. The molecular weight excluding hydrogens is 198 g/mol. The third-order valence-corrected chi connectivity index (χ3v) is 1.95. The van der Waals surface area contributed by atoms with E-state index in [4.69, 9.17) is 14.9 Å². The molecule has 15 heavy (non-hydrogen) atoms. The molecule has 5 nitrogen and oxygen atoms in total. The van der Waals surface area contributed by atoms with Crippen molar-refractivity contribution in [3.8, 4) is 0 Å². The van der Waals surface area contributed by atoms with E-state index in [1.54, 1.807) is 11.9 Å². The van der Waals surface area contributed by atoms with Crippen LogP contribution in [0.2, 0.25) is 0 Å². The first-order valence-corrected chi connectivity index (χ1v) is 5.36. The Morgan fingerprint density at radius 1 is 1.20 bits per heavy atom. The van der Waals surface area contributed by atoms with Crippen LogP contribution in [0.3, 0.4) is 0 Å². The number of hydrogen-bond donors (Lipinski definition) is 3. The molecule has 0 amide bonds. The van der Waals surface area contributed by atoms with Crippen molar-refractivity contribution in [2.24, 2.45) is 0 Å². The largest absolute Gasteiger partial charge is 0.389 e. The van der Waals surface area contributed by atoms with E-state index in [2.05, 4.69) is 6.92 Å². The molecule has 0 radical (unpaired) electrons. The van der Waals surface area contributed by atoms with Crippen LogP contribution in [0.1, 0.15) is 19.8 Å². The molecule has 0 saturated carbocycles. The molecular formula is C10H23NO4. The molecule has 0 spiro atoms. The Hall–Kier alpha value is -0.200. The van der Waals surface area contributed by atoms with Gasteiger partial charge in [0.2, 0.25) is 0 Å². The fourth-order valence-electron chi connectivity index (χ4n) is 1.23. The fourth-order valence-corrected chi connectivity index (χ4v) is 1.23. The van der Waals surface area contributed by atoms with Crippen LogP contribution < -0.4 is 0 Å². The summed E-state index contributed by atoms with van der Waals surface area (Å²) in [6.45, 7) is 3.55. The van der Waals surface area contributed by atoms with Crippen LogP contribution in [0.25, 0.3) is 0 Å². The predicted octanol–water partition coefficient (Wildman–Crippen LogP) is -0.593. The van der Waals surface area contributed by atoms with Crippen molar-refractivity contribution in [3.63, 3.8) is 0 Å². The normalized spacial score (nSPS) is 13.8. The van der Waals surface area contributed by atoms with E-state index in [0.29, 0.717) is 19.8 Å². The van der Waals surface area contributed by atoms with E-state index in [-0.39, 0.29) is 6.54 Å². The minimum atomic E-state index is -1.36. The molecule has 1 unspecified atom stereocenters. The van der Waals surface area contributed by atoms with Crippen molar-refractivity contribution in [1.29, 1.82) is 0 Å². The summed E-state index contributed by atoms with van der Waals surface area (Å²) < 4.78 is 5.24. The lowest BCUT2D eigenvalue weighted by molar-refractivity contribution is -0.0652. The third-order valence-electron chi connectivity index (χ3n) is 1.95. The van der Waals surface area contributed by atoms with Crippen molar-refractivity contribution in [2.75, 3.05) is 33.4 Å². The molecule has 0 bridgehead atoms. The minimum Gasteiger partial charge on any atom is -0.389 e. The zero-order valence-corrected chi connectivity index (χ0v) is 9.59. The SMILES string of the molecule is CCCCOCC(O)CN(C)CC(O)O. The Labute approximate surface area is 91.3 Å². The smallest absolute Gasteiger partial charge is 0.164 e. The van der Waals surface area contributed by atoms with Gasteiger partial charge in [0.25, 0.3) is 0 Å². The average molecular weight is 221 g/mol. The molecule has 0 aliphatic heterocycles. The second-order valence-corrected chi connectivity index (χ2v) is 3.78. The Kier molecular flexibility index (Phi) is 8.94. The van der Waals surface area contributed by atoms with Crippen LogP contribution in [0.4, 0.5) is 0 Å². The number of ether oxygens (including phenoxy) is 1. The molecule has 0 aromatic heterocycles. The lowest BCUT2D eigenvalue weighted by Crippen LogP contribution is -2.36. The van der Waals surface area contributed by atoms with Gasteiger partial charge >= 0.3 is 0 Å². The highest BCUT2D eigenvalue weighted by atomic mass is 16.5. The van der Waals surface area contributed by atoms with Gasteiger partial charge in [-0.3, -0.25) is 4.90 Å². The molecule has 0 aliphatic carbocycles. The first-order chi connectivity index (χ1) is 7.06. The van der Waals surface area contributed by atoms with Crippen molar-refractivity contribution >= 4 is 0 Å². The Balaban J connectivity index is 3.42. The van der Waals surface area contributed by atoms with Crippen molar-refractivity contribution in [1.82, 2.24) is 4.90 Å². The van der Waals surface area contributed by atoms with Gasteiger partial charge in [-0.1, -0.05) is 13.3 Å². The molecule has 92 valence electrons. The number of unbranched alkanes of at least 4 members (excludes halogenated alkanes) is 1. The Morgan fingerprint density at radius 2 is 1.87 bits per heavy atom. The van der Waals surface area contributed by atoms with Gasteiger partial charge in [0.1, 0.15) is 0 Å². The maximum absolute atomic E-state index is 9.50. The van der Waals surface area contributed by atoms with Gasteiger partial charge in [-0.25, -0.2) is 0 Å². The van der Waals surface area contributed by atoms with Crippen molar-refractivity contribution in [2.45, 2.75) is 32.2 Å². The number of aliphatic hydroxyl groups is 3. The Bertz CT molecular complexity index is 143. The summed E-state index contributed by atoms with van der Waals surface area (Å²) in [4.78, 5) is 1.65. The number of aliphatic hydroxyl groups excluding tert-OH is 2. The maximum Gasteiger partial charge on any atom is 0.164 e. The lowest BCUT2D eigenvalue weighted by Gasteiger charge is -2.21. The lowest BCUT2D eigenvalue weighted by atomic mass is 10.3. The monoisotopic (exact) mass is 221 g/mol. The molecule has 0 aromatic rings. The van der Waals surface area contributed by atoms with Crippen LogP contribution in [0.15, 0.2) is 0 Å². The fraction of sp³-hybridized carbons (Fsp3) is 1.00. The maximum atomic E-state index is 9.50. The first-order valence-electron chi connectivity index (χ1n) is 5.36. The van der Waals surface area contributed by atoms with Crippen LogP contribution in [-0.2, 0) is 4.74 Å². The van der Waals surface area contributed by atoms with Crippen molar-refractivity contribution < 1.29 is 20.1 Å². The van der Waals surface area contributed by atoms with E-state index < -0.39 is 12.4 Å². The van der Waals surface area contributed by atoms with E-state index >= 15 is 0 Å². The molecule has 0 fully saturated rings. The second-order valence-electron chi connectivity index (χ2n) is 3.78. The zero-order valence-electron chi connectivity index (χ0n) is 9.59. The topological polar surface area (TPSA) is 73.2 Å². The predicted molar refractivity (Wildman–Crippen MR) is 57.5 cm³/mol. The molecule has 0 aromatic carbocycles. The molecule has 5 heteroatoms. The summed E-state index contributed by atoms with van der Waals surface area (Å²) in [5.74, 6) is 0. The van der Waals surface area contributed by atoms with Crippen LogP contribution in [0.5, 0.6) is 0 Å². The van der Waals surface area contributed by atoms with Gasteiger partial charge < -0.3 is 20.1 Å². The standard InChI is InChI=1S/C10H23NO4/c1-3-4-5-15-8-9(12)6-11(2)7-10(13)14/h9-10,12-14H,3-8H2,1-2H3. The molecule has 1 atom stereocenters. The number of hydrogen-bond acceptors (Lipinski definition) is 5. The molecule has 0 aliphatic rings. The summed E-state index contributed by atoms with van der Waals surface area (Å²) >= 11 is 0. The van der Waals surface area contributed by atoms with Gasteiger partial charge in [0.05, 0.1) is 12.7 Å². The Morgan fingerprint density at radius 3 is 2.40 bits per heavy atom. The van der Waals surface area contributed by atoms with Crippen LogP contribution in [-0.4, -0.2) is 66.0 Å². The second kappa shape index (κ2) is 9.06. The third kappa shape index (κ3) is 10.1. The minimum absolute atomic E-state index is 0.131. The van der Waals surface area contributed by atoms with Crippen LogP contribution >= 0.6 is 0 Å². The van der Waals surface area contributed by atoms with Gasteiger partial charge in [-0.05, 0) is 13.5 Å². The van der Waals surface area contributed by atoms with E-state index in [9.17, 15) is 5.11 Å². The van der Waals surface area contributed by atoms with Gasteiger partial charge in [-0.15, -0.1) is 0 Å². The number of likely N-dealkylation sites (N-methyl/N-ethyl adjacent to an activating group) is 1. The van der Waals surface area contributed by atoms with Gasteiger partial charge in [-0.2, -0.15) is 0 Å². The molecule has 0 saturated heterocycles. The summed E-state index contributed by atoms with van der Waals surface area (Å²) in [5.41, 5.74) is 0. The summed E-state index contributed by atoms with van der Waals surface area (Å²) in [7, 11) is 1.72.